The van der Waals surface area contributed by atoms with Gasteiger partial charge in [-0.1, -0.05) is 16.3 Å². The van der Waals surface area contributed by atoms with E-state index in [1.165, 1.54) is 0 Å². The van der Waals surface area contributed by atoms with Crippen molar-refractivity contribution in [1.82, 2.24) is 4.13 Å². The van der Waals surface area contributed by atoms with Crippen LogP contribution in [0.25, 0.3) is 0 Å². The van der Waals surface area contributed by atoms with E-state index in [9.17, 15) is 43.2 Å². The van der Waals surface area contributed by atoms with Gasteiger partial charge in [-0.3, -0.25) is 9.44 Å². The second-order valence-corrected chi connectivity index (χ2v) is 8.54. The number of halogens is 6. The molecule has 2 rings (SSSR count). The van der Waals surface area contributed by atoms with Gasteiger partial charge >= 0.3 is 32.8 Å². The van der Waals surface area contributed by atoms with Crippen molar-refractivity contribution in [1.29, 1.82) is 0 Å². The molecule has 0 heterocycles. The third kappa shape index (κ3) is 6.79. The lowest BCUT2D eigenvalue weighted by molar-refractivity contribution is -0.138. The van der Waals surface area contributed by atoms with E-state index in [1.807, 2.05) is 0 Å². The van der Waals surface area contributed by atoms with Crippen LogP contribution in [0.3, 0.4) is 0 Å². The third-order valence-electron chi connectivity index (χ3n) is 3.10. The standard InChI is InChI=1S/C14H11F6N3O4S2/c15-13(16,17)9-3-1-5-11(7-9)21-28(24,25)23-29(26,27)22-12-6-2-4-10(8-12)14(18,19)20/h1-8,21-23H. The van der Waals surface area contributed by atoms with Crippen molar-refractivity contribution in [3.05, 3.63) is 59.7 Å². The molecule has 0 amide bonds. The number of anilines is 2. The highest BCUT2D eigenvalue weighted by molar-refractivity contribution is 8.05. The van der Waals surface area contributed by atoms with Gasteiger partial charge in [0, 0.05) is 0 Å². The Balaban J connectivity index is 2.17. The molecule has 0 saturated heterocycles. The van der Waals surface area contributed by atoms with Crippen molar-refractivity contribution in [2.24, 2.45) is 0 Å². The van der Waals surface area contributed by atoms with Gasteiger partial charge in [0.25, 0.3) is 0 Å². The van der Waals surface area contributed by atoms with Gasteiger partial charge < -0.3 is 0 Å². The van der Waals surface area contributed by atoms with Crippen molar-refractivity contribution >= 4 is 31.8 Å². The Hall–Kier alpha value is -2.52. The molecule has 0 saturated carbocycles. The number of rotatable bonds is 6. The van der Waals surface area contributed by atoms with Crippen molar-refractivity contribution < 1.29 is 43.2 Å². The molecule has 0 aromatic heterocycles. The molecule has 0 radical (unpaired) electrons. The van der Waals surface area contributed by atoms with Crippen LogP contribution in [0.1, 0.15) is 11.1 Å². The van der Waals surface area contributed by atoms with Gasteiger partial charge in [-0.05, 0) is 36.4 Å². The van der Waals surface area contributed by atoms with Crippen LogP contribution in [0.5, 0.6) is 0 Å². The first-order valence-corrected chi connectivity index (χ1v) is 10.2. The Morgan fingerprint density at radius 1 is 0.621 bits per heavy atom. The highest BCUT2D eigenvalue weighted by atomic mass is 32.3. The highest BCUT2D eigenvalue weighted by Gasteiger charge is 2.32. The SMILES string of the molecule is O=S(=O)(Nc1cccc(C(F)(F)F)c1)NS(=O)(=O)Nc1cccc(C(F)(F)F)c1. The molecule has 15 heteroatoms. The Morgan fingerprint density at radius 2 is 0.966 bits per heavy atom. The topological polar surface area (TPSA) is 104 Å². The van der Waals surface area contributed by atoms with Crippen LogP contribution in [0.4, 0.5) is 37.7 Å². The number of hydrogen-bond donors (Lipinski definition) is 3. The second-order valence-electron chi connectivity index (χ2n) is 5.45. The summed E-state index contributed by atoms with van der Waals surface area (Å²) in [7, 11) is -9.91. The zero-order chi connectivity index (χ0) is 22.1. The molecule has 0 unspecified atom stereocenters. The second kappa shape index (κ2) is 7.72. The summed E-state index contributed by atoms with van der Waals surface area (Å²) in [5.74, 6) is 0. The summed E-state index contributed by atoms with van der Waals surface area (Å²) >= 11 is 0. The van der Waals surface area contributed by atoms with Gasteiger partial charge in [0.1, 0.15) is 0 Å². The lowest BCUT2D eigenvalue weighted by Gasteiger charge is -2.14. The van der Waals surface area contributed by atoms with E-state index in [1.54, 1.807) is 9.44 Å². The zero-order valence-electron chi connectivity index (χ0n) is 13.8. The molecule has 0 aliphatic heterocycles. The minimum absolute atomic E-state index is 0.423. The normalized spacial score (nSPS) is 13.2. The summed E-state index contributed by atoms with van der Waals surface area (Å²) in [6.07, 6.45) is -9.54. The minimum atomic E-state index is -4.95. The summed E-state index contributed by atoms with van der Waals surface area (Å²) in [6.45, 7) is 0. The van der Waals surface area contributed by atoms with Crippen LogP contribution < -0.4 is 13.6 Å². The largest absolute Gasteiger partial charge is 0.416 e. The molecule has 0 atom stereocenters. The Labute approximate surface area is 161 Å². The Morgan fingerprint density at radius 3 is 1.28 bits per heavy atom. The molecule has 29 heavy (non-hydrogen) atoms. The van der Waals surface area contributed by atoms with Gasteiger partial charge in [0.15, 0.2) is 0 Å². The summed E-state index contributed by atoms with van der Waals surface area (Å²) in [5, 5.41) is 0. The van der Waals surface area contributed by atoms with Gasteiger partial charge in [0.2, 0.25) is 0 Å². The number of hydrogen-bond acceptors (Lipinski definition) is 4. The fraction of sp³-hybridized carbons (Fsp3) is 0.143. The van der Waals surface area contributed by atoms with Gasteiger partial charge in [-0.2, -0.15) is 43.2 Å². The van der Waals surface area contributed by atoms with E-state index in [0.29, 0.717) is 24.3 Å². The third-order valence-corrected chi connectivity index (χ3v) is 5.87. The molecule has 0 bridgehead atoms. The summed E-state index contributed by atoms with van der Waals surface area (Å²) in [5.41, 5.74) is -3.58. The maximum atomic E-state index is 12.7. The Bertz CT molecular complexity index is 1010. The summed E-state index contributed by atoms with van der Waals surface area (Å²) < 4.78 is 128. The Kier molecular flexibility index (Phi) is 6.06. The van der Waals surface area contributed by atoms with Crippen molar-refractivity contribution in [2.75, 3.05) is 9.44 Å². The molecule has 3 N–H and O–H groups in total. The van der Waals surface area contributed by atoms with Crippen molar-refractivity contribution in [2.45, 2.75) is 12.4 Å². The summed E-state index contributed by atoms with van der Waals surface area (Å²) in [6, 6.07) is 5.81. The van der Waals surface area contributed by atoms with Gasteiger partial charge in [0.05, 0.1) is 22.5 Å². The van der Waals surface area contributed by atoms with E-state index < -0.39 is 55.3 Å². The average molecular weight is 463 g/mol. The first-order chi connectivity index (χ1) is 13.1. The van der Waals surface area contributed by atoms with E-state index in [-0.39, 0.29) is 0 Å². The highest BCUT2D eigenvalue weighted by Crippen LogP contribution is 2.31. The fourth-order valence-corrected chi connectivity index (χ4v) is 4.38. The van der Waals surface area contributed by atoms with E-state index >= 15 is 0 Å². The maximum absolute atomic E-state index is 12.7. The number of nitrogens with one attached hydrogen (secondary N) is 3. The summed E-state index contributed by atoms with van der Waals surface area (Å²) in [4.78, 5) is 0. The lowest BCUT2D eigenvalue weighted by atomic mass is 10.2. The maximum Gasteiger partial charge on any atom is 0.416 e. The van der Waals surface area contributed by atoms with E-state index in [4.69, 9.17) is 0 Å². The molecular weight excluding hydrogens is 452 g/mol. The smallest absolute Gasteiger partial charge is 0.270 e. The molecule has 0 aliphatic rings. The van der Waals surface area contributed by atoms with Crippen molar-refractivity contribution in [3.8, 4) is 0 Å². The van der Waals surface area contributed by atoms with Crippen LogP contribution in [-0.4, -0.2) is 16.8 Å². The average Bonchev–Trinajstić information content (AvgIpc) is 2.51. The first kappa shape index (κ1) is 22.8. The van der Waals surface area contributed by atoms with Gasteiger partial charge in [-0.25, -0.2) is 0 Å². The minimum Gasteiger partial charge on any atom is -0.270 e. The predicted octanol–water partition coefficient (Wildman–Crippen LogP) is 3.33. The zero-order valence-corrected chi connectivity index (χ0v) is 15.5. The first-order valence-electron chi connectivity index (χ1n) is 7.26. The number of benzene rings is 2. The molecule has 160 valence electrons. The molecule has 0 fully saturated rings. The number of alkyl halides is 6. The molecule has 0 aliphatic carbocycles. The fourth-order valence-electron chi connectivity index (χ4n) is 2.01. The van der Waals surface area contributed by atoms with Crippen LogP contribution >= 0.6 is 0 Å². The van der Waals surface area contributed by atoms with Crippen LogP contribution in [-0.2, 0) is 32.8 Å². The quantitative estimate of drug-likeness (QED) is 0.572. The van der Waals surface area contributed by atoms with Crippen LogP contribution in [0, 0.1) is 0 Å². The monoisotopic (exact) mass is 463 g/mol. The molecular formula is C14H11F6N3O4S2. The van der Waals surface area contributed by atoms with Crippen LogP contribution in [0.15, 0.2) is 48.5 Å². The van der Waals surface area contributed by atoms with Crippen molar-refractivity contribution in [3.63, 3.8) is 0 Å². The van der Waals surface area contributed by atoms with Crippen LogP contribution in [0.2, 0.25) is 0 Å². The van der Waals surface area contributed by atoms with Gasteiger partial charge in [-0.15, -0.1) is 0 Å². The van der Waals surface area contributed by atoms with E-state index in [2.05, 4.69) is 0 Å². The lowest BCUT2D eigenvalue weighted by Crippen LogP contribution is -2.39. The molecule has 0 spiro atoms. The molecule has 2 aromatic carbocycles. The molecule has 2 aromatic rings. The molecule has 7 nitrogen and oxygen atoms in total. The predicted molar refractivity (Wildman–Crippen MR) is 91.1 cm³/mol. The van der Waals surface area contributed by atoms with E-state index in [0.717, 1.165) is 28.4 Å².